The lowest BCUT2D eigenvalue weighted by molar-refractivity contribution is 0.171. The van der Waals surface area contributed by atoms with Crippen molar-refractivity contribution in [2.75, 3.05) is 25.1 Å². The number of anilines is 1. The number of nitriles is 2. The molecule has 1 heterocycles. The van der Waals surface area contributed by atoms with Gasteiger partial charge in [-0.15, -0.1) is 0 Å². The molecule has 2 aromatic carbocycles. The molecule has 5 nitrogen and oxygen atoms in total. The summed E-state index contributed by atoms with van der Waals surface area (Å²) in [6.45, 7) is 1.56. The molecule has 0 saturated heterocycles. The van der Waals surface area contributed by atoms with Gasteiger partial charge < -0.3 is 14.8 Å². The van der Waals surface area contributed by atoms with Gasteiger partial charge >= 0.3 is 0 Å². The van der Waals surface area contributed by atoms with Crippen molar-refractivity contribution in [1.29, 1.82) is 10.5 Å². The quantitative estimate of drug-likeness (QED) is 0.922. The van der Waals surface area contributed by atoms with Crippen LogP contribution in [0.1, 0.15) is 16.7 Å². The second-order valence-corrected chi connectivity index (χ2v) is 5.64. The molecule has 6 heteroatoms. The molecule has 1 N–H and O–H groups in total. The number of nitrogens with zero attached hydrogens (tertiary/aromatic N) is 2. The van der Waals surface area contributed by atoms with Crippen molar-refractivity contribution in [2.24, 2.45) is 0 Å². The highest BCUT2D eigenvalue weighted by Gasteiger charge is 2.16. The van der Waals surface area contributed by atoms with Crippen LogP contribution >= 0.6 is 11.6 Å². The largest absolute Gasteiger partial charge is 0.486 e. The molecule has 120 valence electrons. The molecule has 0 saturated carbocycles. The second kappa shape index (κ2) is 7.12. The van der Waals surface area contributed by atoms with Gasteiger partial charge in [0.25, 0.3) is 0 Å². The summed E-state index contributed by atoms with van der Waals surface area (Å²) >= 11 is 6.23. The van der Waals surface area contributed by atoms with E-state index >= 15 is 0 Å². The Hall–Kier alpha value is -2.89. The van der Waals surface area contributed by atoms with E-state index in [1.807, 2.05) is 12.1 Å². The van der Waals surface area contributed by atoms with Gasteiger partial charge in [-0.05, 0) is 36.2 Å². The Balaban J connectivity index is 1.73. The third-order valence-corrected chi connectivity index (χ3v) is 3.96. The molecule has 24 heavy (non-hydrogen) atoms. The number of hydrogen-bond acceptors (Lipinski definition) is 5. The molecule has 3 rings (SSSR count). The molecule has 0 amide bonds. The van der Waals surface area contributed by atoms with E-state index in [0.717, 1.165) is 5.56 Å². The second-order valence-electron chi connectivity index (χ2n) is 5.23. The maximum absolute atomic E-state index is 9.18. The number of hydrogen-bond donors (Lipinski definition) is 1. The lowest BCUT2D eigenvalue weighted by Gasteiger charge is -2.20. The third kappa shape index (κ3) is 3.22. The molecule has 0 radical (unpaired) electrons. The van der Waals surface area contributed by atoms with Crippen LogP contribution < -0.4 is 14.8 Å². The van der Waals surface area contributed by atoms with Gasteiger partial charge in [-0.2, -0.15) is 10.5 Å². The van der Waals surface area contributed by atoms with Crippen LogP contribution in [-0.4, -0.2) is 19.8 Å². The molecule has 0 aromatic heterocycles. The number of benzene rings is 2. The molecular formula is C18H14ClN3O2. The Morgan fingerprint density at radius 1 is 1.08 bits per heavy atom. The maximum atomic E-state index is 9.18. The van der Waals surface area contributed by atoms with Gasteiger partial charge in [-0.25, -0.2) is 0 Å². The third-order valence-electron chi connectivity index (χ3n) is 3.68. The van der Waals surface area contributed by atoms with E-state index < -0.39 is 0 Å². The first-order chi connectivity index (χ1) is 11.7. The Morgan fingerprint density at radius 3 is 2.50 bits per heavy atom. The average Bonchev–Trinajstić information content (AvgIpc) is 2.62. The molecule has 0 bridgehead atoms. The van der Waals surface area contributed by atoms with Gasteiger partial charge in [0.1, 0.15) is 25.4 Å². The number of para-hydroxylation sites is 1. The number of nitrogens with one attached hydrogen (secondary N) is 1. The topological polar surface area (TPSA) is 78.1 Å². The maximum Gasteiger partial charge on any atom is 0.179 e. The molecule has 0 fully saturated rings. The van der Waals surface area contributed by atoms with E-state index in [1.54, 1.807) is 18.2 Å². The highest BCUT2D eigenvalue weighted by atomic mass is 35.5. The van der Waals surface area contributed by atoms with Crippen molar-refractivity contribution in [3.8, 4) is 23.6 Å². The number of rotatable bonds is 4. The summed E-state index contributed by atoms with van der Waals surface area (Å²) in [6, 6.07) is 13.0. The summed E-state index contributed by atoms with van der Waals surface area (Å²) in [6.07, 6.45) is 0.668. The van der Waals surface area contributed by atoms with E-state index in [2.05, 4.69) is 17.5 Å². The van der Waals surface area contributed by atoms with Crippen molar-refractivity contribution < 1.29 is 9.47 Å². The summed E-state index contributed by atoms with van der Waals surface area (Å²) in [5.41, 5.74) is 2.46. The number of ether oxygens (including phenoxy) is 2. The lowest BCUT2D eigenvalue weighted by atomic mass is 10.1. The first-order valence-corrected chi connectivity index (χ1v) is 7.86. The minimum atomic E-state index is 0.453. The highest BCUT2D eigenvalue weighted by molar-refractivity contribution is 6.32. The zero-order chi connectivity index (χ0) is 16.9. The molecule has 0 atom stereocenters. The Bertz CT molecular complexity index is 820. The standard InChI is InChI=1S/C18H14ClN3O2/c19-15-8-12(9-16-18(15)24-7-6-23-16)4-5-22-17-13(10-20)2-1-3-14(17)11-21/h1-3,8-9,22H,4-7H2. The number of halogens is 1. The molecule has 0 spiro atoms. The smallest absolute Gasteiger partial charge is 0.179 e. The van der Waals surface area contributed by atoms with Gasteiger partial charge in [0.05, 0.1) is 21.8 Å². The Morgan fingerprint density at radius 2 is 1.79 bits per heavy atom. The molecular weight excluding hydrogens is 326 g/mol. The SMILES string of the molecule is N#Cc1cccc(C#N)c1NCCc1cc(Cl)c2c(c1)OCCO2. The van der Waals surface area contributed by atoms with Crippen molar-refractivity contribution in [3.05, 3.63) is 52.0 Å². The predicted molar refractivity (Wildman–Crippen MR) is 90.5 cm³/mol. The molecule has 1 aliphatic heterocycles. The first-order valence-electron chi connectivity index (χ1n) is 7.48. The van der Waals surface area contributed by atoms with Gasteiger partial charge in [0.15, 0.2) is 11.5 Å². The normalized spacial score (nSPS) is 12.1. The Kier molecular flexibility index (Phi) is 4.74. The first kappa shape index (κ1) is 16.0. The van der Waals surface area contributed by atoms with Crippen molar-refractivity contribution in [3.63, 3.8) is 0 Å². The molecule has 1 aliphatic rings. The van der Waals surface area contributed by atoms with Gasteiger partial charge in [0.2, 0.25) is 0 Å². The van der Waals surface area contributed by atoms with Crippen LogP contribution in [0.5, 0.6) is 11.5 Å². The van der Waals surface area contributed by atoms with E-state index in [4.69, 9.17) is 21.1 Å². The van der Waals surface area contributed by atoms with Crippen LogP contribution in [0.15, 0.2) is 30.3 Å². The van der Waals surface area contributed by atoms with Crippen LogP contribution in [0.3, 0.4) is 0 Å². The van der Waals surface area contributed by atoms with Gasteiger partial charge in [0, 0.05) is 6.54 Å². The number of fused-ring (bicyclic) bond motifs is 1. The fourth-order valence-corrected chi connectivity index (χ4v) is 2.86. The van der Waals surface area contributed by atoms with Crippen LogP contribution in [-0.2, 0) is 6.42 Å². The summed E-state index contributed by atoms with van der Waals surface area (Å²) < 4.78 is 11.1. The molecule has 2 aromatic rings. The van der Waals surface area contributed by atoms with Gasteiger partial charge in [-0.3, -0.25) is 0 Å². The van der Waals surface area contributed by atoms with E-state index in [1.165, 1.54) is 0 Å². The van der Waals surface area contributed by atoms with E-state index in [-0.39, 0.29) is 0 Å². The van der Waals surface area contributed by atoms with E-state index in [9.17, 15) is 10.5 Å². The fraction of sp³-hybridized carbons (Fsp3) is 0.222. The van der Waals surface area contributed by atoms with Crippen molar-refractivity contribution >= 4 is 17.3 Å². The predicted octanol–water partition coefficient (Wildman–Crippen LogP) is 3.51. The summed E-state index contributed by atoms with van der Waals surface area (Å²) in [5.74, 6) is 1.24. The van der Waals surface area contributed by atoms with Crippen LogP contribution in [0.25, 0.3) is 0 Å². The molecule has 0 unspecified atom stereocenters. The van der Waals surface area contributed by atoms with Crippen LogP contribution in [0.2, 0.25) is 5.02 Å². The minimum Gasteiger partial charge on any atom is -0.486 e. The lowest BCUT2D eigenvalue weighted by Crippen LogP contribution is -2.16. The monoisotopic (exact) mass is 339 g/mol. The van der Waals surface area contributed by atoms with Crippen LogP contribution in [0, 0.1) is 22.7 Å². The van der Waals surface area contributed by atoms with Crippen molar-refractivity contribution in [2.45, 2.75) is 6.42 Å². The fourth-order valence-electron chi connectivity index (χ4n) is 2.57. The van der Waals surface area contributed by atoms with Crippen molar-refractivity contribution in [1.82, 2.24) is 0 Å². The average molecular weight is 340 g/mol. The molecule has 0 aliphatic carbocycles. The highest BCUT2D eigenvalue weighted by Crippen LogP contribution is 2.38. The van der Waals surface area contributed by atoms with Gasteiger partial charge in [-0.1, -0.05) is 17.7 Å². The zero-order valence-corrected chi connectivity index (χ0v) is 13.6. The summed E-state index contributed by atoms with van der Waals surface area (Å²) in [5, 5.41) is 22.0. The zero-order valence-electron chi connectivity index (χ0n) is 12.8. The summed E-state index contributed by atoms with van der Waals surface area (Å²) in [4.78, 5) is 0. The van der Waals surface area contributed by atoms with Crippen LogP contribution in [0.4, 0.5) is 5.69 Å². The summed E-state index contributed by atoms with van der Waals surface area (Å²) in [7, 11) is 0. The minimum absolute atomic E-state index is 0.453. The van der Waals surface area contributed by atoms with E-state index in [0.29, 0.717) is 59.5 Å². The Labute approximate surface area is 145 Å².